The van der Waals surface area contributed by atoms with E-state index in [0.717, 1.165) is 31.0 Å². The zero-order valence-electron chi connectivity index (χ0n) is 21.7. The molecule has 0 aromatic heterocycles. The van der Waals surface area contributed by atoms with Crippen molar-refractivity contribution < 1.29 is 18.0 Å². The highest BCUT2D eigenvalue weighted by Gasteiger charge is 2.32. The van der Waals surface area contributed by atoms with E-state index in [2.05, 4.69) is 21.2 Å². The van der Waals surface area contributed by atoms with Gasteiger partial charge in [0.05, 0.1) is 10.6 Å². The zero-order valence-corrected chi connectivity index (χ0v) is 24.1. The Hall–Kier alpha value is -3.17. The Morgan fingerprint density at radius 3 is 2.11 bits per heavy atom. The number of rotatable bonds is 9. The van der Waals surface area contributed by atoms with Gasteiger partial charge in [-0.1, -0.05) is 51.8 Å². The monoisotopic (exact) mass is 585 g/mol. The highest BCUT2D eigenvalue weighted by atomic mass is 79.9. The zero-order chi connectivity index (χ0) is 27.3. The molecule has 3 aromatic carbocycles. The fourth-order valence-electron chi connectivity index (χ4n) is 3.82. The Labute approximate surface area is 227 Å². The maximum absolute atomic E-state index is 13.8. The average Bonchev–Trinajstić information content (AvgIpc) is 2.87. The Bertz CT molecular complexity index is 1370. The van der Waals surface area contributed by atoms with Gasteiger partial charge in [0.2, 0.25) is 11.8 Å². The third-order valence-corrected chi connectivity index (χ3v) is 8.66. The summed E-state index contributed by atoms with van der Waals surface area (Å²) in [6.45, 7) is 7.02. The predicted octanol–water partition coefficient (Wildman–Crippen LogP) is 4.73. The largest absolute Gasteiger partial charge is 0.357 e. The molecule has 9 heteroatoms. The number of hydrogen-bond acceptors (Lipinski definition) is 4. The van der Waals surface area contributed by atoms with Crippen LogP contribution in [0.1, 0.15) is 29.2 Å². The van der Waals surface area contributed by atoms with Gasteiger partial charge in [-0.3, -0.25) is 13.9 Å². The van der Waals surface area contributed by atoms with Gasteiger partial charge in [-0.25, -0.2) is 8.42 Å². The number of likely N-dealkylation sites (N-methyl/N-ethyl adjacent to an activating group) is 1. The van der Waals surface area contributed by atoms with Crippen LogP contribution in [-0.2, 0) is 26.2 Å². The van der Waals surface area contributed by atoms with E-state index in [4.69, 9.17) is 0 Å². The van der Waals surface area contributed by atoms with Crippen molar-refractivity contribution in [3.05, 3.63) is 93.5 Å². The average molecular weight is 587 g/mol. The maximum atomic E-state index is 13.8. The fourth-order valence-corrected chi connectivity index (χ4v) is 5.50. The summed E-state index contributed by atoms with van der Waals surface area (Å²) < 4.78 is 29.7. The van der Waals surface area contributed by atoms with Crippen LogP contribution in [0.4, 0.5) is 5.69 Å². The summed E-state index contributed by atoms with van der Waals surface area (Å²) in [7, 11) is -2.58. The van der Waals surface area contributed by atoms with Gasteiger partial charge in [0.15, 0.2) is 0 Å². The molecular formula is C28H32BrN3O4S. The second kappa shape index (κ2) is 11.9. The molecule has 1 atom stereocenters. The lowest BCUT2D eigenvalue weighted by Crippen LogP contribution is -2.50. The van der Waals surface area contributed by atoms with Gasteiger partial charge in [0.25, 0.3) is 10.0 Å². The minimum absolute atomic E-state index is 0.0861. The summed E-state index contributed by atoms with van der Waals surface area (Å²) in [5, 5.41) is 2.58. The van der Waals surface area contributed by atoms with Crippen LogP contribution < -0.4 is 9.62 Å². The van der Waals surface area contributed by atoms with Gasteiger partial charge in [0.1, 0.15) is 12.6 Å². The van der Waals surface area contributed by atoms with Gasteiger partial charge < -0.3 is 10.2 Å². The van der Waals surface area contributed by atoms with E-state index in [1.807, 2.05) is 51.1 Å². The lowest BCUT2D eigenvalue weighted by molar-refractivity contribution is -0.139. The molecule has 7 nitrogen and oxygen atoms in total. The minimum atomic E-state index is -4.08. The first-order chi connectivity index (χ1) is 17.4. The molecule has 2 amide bonds. The second-order valence-corrected chi connectivity index (χ2v) is 11.8. The Morgan fingerprint density at radius 2 is 1.54 bits per heavy atom. The van der Waals surface area contributed by atoms with Crippen molar-refractivity contribution in [3.8, 4) is 0 Å². The van der Waals surface area contributed by atoms with Crippen LogP contribution in [-0.4, -0.2) is 44.8 Å². The SMILES string of the molecule is CNC(=O)C(C)N(Cc1ccc(Br)cc1)C(=O)CN(c1ccc(C)c(C)c1)S(=O)(=O)c1ccc(C)cc1. The summed E-state index contributed by atoms with van der Waals surface area (Å²) in [5.41, 5.74) is 4.03. The normalized spacial score (nSPS) is 12.1. The standard InChI is InChI=1S/C28H32BrN3O4S/c1-19-6-14-26(15-7-19)37(35,36)32(25-13-8-20(2)21(3)16-25)18-27(33)31(22(4)28(34)30-5)17-23-9-11-24(29)12-10-23/h6-16,22H,17-18H2,1-5H3,(H,30,34). The molecule has 0 fully saturated rings. The van der Waals surface area contributed by atoms with Gasteiger partial charge in [-0.15, -0.1) is 0 Å². The summed E-state index contributed by atoms with van der Waals surface area (Å²) in [4.78, 5) is 27.8. The van der Waals surface area contributed by atoms with Crippen LogP contribution in [0.3, 0.4) is 0 Å². The number of carbonyl (C=O) groups excluding carboxylic acids is 2. The molecule has 0 heterocycles. The number of anilines is 1. The third kappa shape index (κ3) is 6.78. The van der Waals surface area contributed by atoms with E-state index in [0.29, 0.717) is 5.69 Å². The summed E-state index contributed by atoms with van der Waals surface area (Å²) in [5.74, 6) is -0.836. The Morgan fingerprint density at radius 1 is 0.919 bits per heavy atom. The first-order valence-corrected chi connectivity index (χ1v) is 14.1. The summed E-state index contributed by atoms with van der Waals surface area (Å²) in [6.07, 6.45) is 0. The van der Waals surface area contributed by atoms with Crippen LogP contribution in [0.25, 0.3) is 0 Å². The smallest absolute Gasteiger partial charge is 0.264 e. The van der Waals surface area contributed by atoms with Crippen molar-refractivity contribution in [3.63, 3.8) is 0 Å². The molecular weight excluding hydrogens is 554 g/mol. The number of hydrogen-bond donors (Lipinski definition) is 1. The van der Waals surface area contributed by atoms with Crippen molar-refractivity contribution in [2.24, 2.45) is 0 Å². The number of sulfonamides is 1. The molecule has 0 aliphatic rings. The van der Waals surface area contributed by atoms with E-state index >= 15 is 0 Å². The molecule has 0 bridgehead atoms. The van der Waals surface area contributed by atoms with E-state index in [1.165, 1.54) is 24.1 Å². The summed E-state index contributed by atoms with van der Waals surface area (Å²) >= 11 is 3.40. The van der Waals surface area contributed by atoms with Crippen molar-refractivity contribution in [1.82, 2.24) is 10.2 Å². The van der Waals surface area contributed by atoms with Gasteiger partial charge in [-0.2, -0.15) is 0 Å². The molecule has 1 unspecified atom stereocenters. The molecule has 0 aliphatic carbocycles. The lowest BCUT2D eigenvalue weighted by Gasteiger charge is -2.32. The van der Waals surface area contributed by atoms with E-state index in [9.17, 15) is 18.0 Å². The number of halogens is 1. The molecule has 3 rings (SSSR count). The van der Waals surface area contributed by atoms with Crippen molar-refractivity contribution in [1.29, 1.82) is 0 Å². The first-order valence-electron chi connectivity index (χ1n) is 11.9. The van der Waals surface area contributed by atoms with E-state index in [1.54, 1.807) is 31.2 Å². The summed E-state index contributed by atoms with van der Waals surface area (Å²) in [6, 6.07) is 18.4. The molecule has 0 spiro atoms. The van der Waals surface area contributed by atoms with Crippen LogP contribution in [0.2, 0.25) is 0 Å². The van der Waals surface area contributed by atoms with Crippen LogP contribution in [0.5, 0.6) is 0 Å². The van der Waals surface area contributed by atoms with Crippen LogP contribution >= 0.6 is 15.9 Å². The van der Waals surface area contributed by atoms with Gasteiger partial charge >= 0.3 is 0 Å². The van der Waals surface area contributed by atoms with Gasteiger partial charge in [0, 0.05) is 18.1 Å². The molecule has 0 aliphatic heterocycles. The number of nitrogens with zero attached hydrogens (tertiary/aromatic N) is 2. The Kier molecular flexibility index (Phi) is 9.15. The number of carbonyl (C=O) groups is 2. The number of nitrogens with one attached hydrogen (secondary N) is 1. The fraction of sp³-hybridized carbons (Fsp3) is 0.286. The number of amides is 2. The number of benzene rings is 3. The minimum Gasteiger partial charge on any atom is -0.357 e. The molecule has 1 N–H and O–H groups in total. The van der Waals surface area contributed by atoms with Crippen LogP contribution in [0.15, 0.2) is 76.1 Å². The topological polar surface area (TPSA) is 86.8 Å². The molecule has 37 heavy (non-hydrogen) atoms. The van der Waals surface area contributed by atoms with E-state index < -0.39 is 28.5 Å². The maximum Gasteiger partial charge on any atom is 0.264 e. The van der Waals surface area contributed by atoms with Crippen LogP contribution in [0, 0.1) is 20.8 Å². The van der Waals surface area contributed by atoms with Crippen molar-refractivity contribution >= 4 is 43.5 Å². The molecule has 3 aromatic rings. The van der Waals surface area contributed by atoms with E-state index in [-0.39, 0.29) is 17.3 Å². The van der Waals surface area contributed by atoms with Crippen molar-refractivity contribution in [2.75, 3.05) is 17.9 Å². The molecule has 0 saturated carbocycles. The van der Waals surface area contributed by atoms with Crippen molar-refractivity contribution in [2.45, 2.75) is 45.2 Å². The first kappa shape index (κ1) is 28.4. The highest BCUT2D eigenvalue weighted by Crippen LogP contribution is 2.27. The second-order valence-electron chi connectivity index (χ2n) is 9.03. The quantitative estimate of drug-likeness (QED) is 0.393. The van der Waals surface area contributed by atoms with Gasteiger partial charge in [-0.05, 0) is 80.8 Å². The highest BCUT2D eigenvalue weighted by molar-refractivity contribution is 9.10. The molecule has 0 radical (unpaired) electrons. The predicted molar refractivity (Wildman–Crippen MR) is 150 cm³/mol. The third-order valence-electron chi connectivity index (χ3n) is 6.35. The molecule has 0 saturated heterocycles. The number of aryl methyl sites for hydroxylation is 3. The Balaban J connectivity index is 2.05. The lowest BCUT2D eigenvalue weighted by atomic mass is 10.1. The molecule has 196 valence electrons.